The molecule has 10 atom stereocenters. The highest BCUT2D eigenvalue weighted by atomic mass is 16.5. The Morgan fingerprint density at radius 3 is 2.42 bits per heavy atom. The SMILES string of the molecule is COC1=C(O)CC2CC3C4C(CCN3COC3CCCCC3OC)CC(O)C(OC)C4C2C1. The highest BCUT2D eigenvalue weighted by Crippen LogP contribution is 2.57. The fourth-order valence-corrected chi connectivity index (χ4v) is 8.27. The van der Waals surface area contributed by atoms with Gasteiger partial charge in [-0.05, 0) is 61.7 Å². The molecule has 5 aliphatic rings. The molecule has 1 aliphatic heterocycles. The minimum Gasteiger partial charge on any atom is -0.509 e. The van der Waals surface area contributed by atoms with Crippen LogP contribution in [-0.2, 0) is 18.9 Å². The van der Waals surface area contributed by atoms with Crippen molar-refractivity contribution in [3.05, 3.63) is 11.5 Å². The Labute approximate surface area is 198 Å². The average Bonchev–Trinajstić information content (AvgIpc) is 2.83. The molecule has 4 aliphatic carbocycles. The van der Waals surface area contributed by atoms with Gasteiger partial charge in [-0.3, -0.25) is 4.90 Å². The van der Waals surface area contributed by atoms with Crippen LogP contribution in [0, 0.1) is 29.6 Å². The Morgan fingerprint density at radius 2 is 1.70 bits per heavy atom. The molecule has 10 unspecified atom stereocenters. The third-order valence-electron chi connectivity index (χ3n) is 9.75. The molecule has 0 aromatic rings. The first-order chi connectivity index (χ1) is 16.0. The lowest BCUT2D eigenvalue weighted by atomic mass is 9.51. The summed E-state index contributed by atoms with van der Waals surface area (Å²) >= 11 is 0. The zero-order valence-corrected chi connectivity index (χ0v) is 20.5. The number of fused-ring (bicyclic) bond motifs is 2. The summed E-state index contributed by atoms with van der Waals surface area (Å²) in [4.78, 5) is 2.56. The zero-order chi connectivity index (χ0) is 23.1. The molecule has 0 aromatic heterocycles. The number of likely N-dealkylation sites (tertiary alicyclic amines) is 1. The largest absolute Gasteiger partial charge is 0.509 e. The van der Waals surface area contributed by atoms with E-state index in [9.17, 15) is 10.2 Å². The summed E-state index contributed by atoms with van der Waals surface area (Å²) in [6, 6.07) is 0.404. The van der Waals surface area contributed by atoms with Crippen molar-refractivity contribution in [2.45, 2.75) is 88.2 Å². The highest BCUT2D eigenvalue weighted by molar-refractivity contribution is 5.15. The Balaban J connectivity index is 1.38. The van der Waals surface area contributed by atoms with Crippen molar-refractivity contribution in [1.82, 2.24) is 4.90 Å². The van der Waals surface area contributed by atoms with Crippen LogP contribution in [0.15, 0.2) is 11.5 Å². The van der Waals surface area contributed by atoms with Gasteiger partial charge in [0.05, 0.1) is 38.3 Å². The van der Waals surface area contributed by atoms with Crippen LogP contribution >= 0.6 is 0 Å². The summed E-state index contributed by atoms with van der Waals surface area (Å²) < 4.78 is 23.7. The maximum atomic E-state index is 11.0. The van der Waals surface area contributed by atoms with Crippen LogP contribution in [0.3, 0.4) is 0 Å². The number of hydrogen-bond acceptors (Lipinski definition) is 7. The number of ether oxygens (including phenoxy) is 4. The number of methoxy groups -OCH3 is 3. The first-order valence-corrected chi connectivity index (χ1v) is 13.1. The fraction of sp³-hybridized carbons (Fsp3) is 0.923. The lowest BCUT2D eigenvalue weighted by Gasteiger charge is -2.61. The predicted octanol–water partition coefficient (Wildman–Crippen LogP) is 3.47. The smallest absolute Gasteiger partial charge is 0.133 e. The van der Waals surface area contributed by atoms with Crippen LogP contribution in [-0.4, -0.2) is 80.2 Å². The van der Waals surface area contributed by atoms with Crippen molar-refractivity contribution in [3.8, 4) is 0 Å². The number of aliphatic hydroxyl groups excluding tert-OH is 2. The van der Waals surface area contributed by atoms with Gasteiger partial charge in [-0.15, -0.1) is 0 Å². The minimum atomic E-state index is -0.418. The molecule has 5 rings (SSSR count). The van der Waals surface area contributed by atoms with E-state index in [1.165, 1.54) is 12.8 Å². The number of hydrogen-bond donors (Lipinski definition) is 2. The molecule has 33 heavy (non-hydrogen) atoms. The molecule has 1 saturated heterocycles. The number of rotatable bonds is 6. The van der Waals surface area contributed by atoms with Gasteiger partial charge in [-0.25, -0.2) is 0 Å². The second kappa shape index (κ2) is 10.0. The molecule has 2 N–H and O–H groups in total. The summed E-state index contributed by atoms with van der Waals surface area (Å²) in [5.41, 5.74) is 0. The maximum absolute atomic E-state index is 11.0. The molecule has 0 bridgehead atoms. The van der Waals surface area contributed by atoms with Crippen molar-refractivity contribution in [3.63, 3.8) is 0 Å². The van der Waals surface area contributed by atoms with Crippen LogP contribution in [0.2, 0.25) is 0 Å². The molecule has 0 amide bonds. The first-order valence-electron chi connectivity index (χ1n) is 13.1. The molecule has 1 heterocycles. The normalized spacial score (nSPS) is 45.9. The van der Waals surface area contributed by atoms with Gasteiger partial charge >= 0.3 is 0 Å². The number of piperidine rings is 1. The summed E-state index contributed by atoms with van der Waals surface area (Å²) in [5.74, 6) is 3.15. The van der Waals surface area contributed by atoms with Gasteiger partial charge in [0, 0.05) is 39.6 Å². The van der Waals surface area contributed by atoms with E-state index in [0.717, 1.165) is 50.8 Å². The number of nitrogens with zero attached hydrogens (tertiary/aromatic N) is 1. The van der Waals surface area contributed by atoms with Gasteiger partial charge in [-0.2, -0.15) is 0 Å². The molecule has 0 aromatic carbocycles. The Hall–Kier alpha value is -0.860. The predicted molar refractivity (Wildman–Crippen MR) is 124 cm³/mol. The third kappa shape index (κ3) is 4.33. The lowest BCUT2D eigenvalue weighted by Crippen LogP contribution is -2.65. The summed E-state index contributed by atoms with van der Waals surface area (Å²) in [5, 5.41) is 21.6. The van der Waals surface area contributed by atoms with E-state index >= 15 is 0 Å². The summed E-state index contributed by atoms with van der Waals surface area (Å²) in [7, 11) is 5.21. The van der Waals surface area contributed by atoms with Crippen molar-refractivity contribution < 1.29 is 29.2 Å². The van der Waals surface area contributed by atoms with Gasteiger partial charge in [0.25, 0.3) is 0 Å². The quantitative estimate of drug-likeness (QED) is 0.622. The monoisotopic (exact) mass is 465 g/mol. The van der Waals surface area contributed by atoms with Crippen molar-refractivity contribution in [1.29, 1.82) is 0 Å². The molecule has 4 fully saturated rings. The van der Waals surface area contributed by atoms with Crippen LogP contribution < -0.4 is 0 Å². The lowest BCUT2D eigenvalue weighted by molar-refractivity contribution is -0.201. The Kier molecular flexibility index (Phi) is 7.24. The van der Waals surface area contributed by atoms with Crippen molar-refractivity contribution in [2.75, 3.05) is 34.6 Å². The molecular formula is C26H43NO6. The van der Waals surface area contributed by atoms with E-state index < -0.39 is 6.10 Å². The van der Waals surface area contributed by atoms with Gasteiger partial charge in [-0.1, -0.05) is 12.8 Å². The second-order valence-corrected chi connectivity index (χ2v) is 11.1. The van der Waals surface area contributed by atoms with E-state index in [0.29, 0.717) is 48.6 Å². The molecular weight excluding hydrogens is 422 g/mol. The third-order valence-corrected chi connectivity index (χ3v) is 9.75. The molecule has 7 heteroatoms. The Bertz CT molecular complexity index is 715. The molecule has 0 spiro atoms. The van der Waals surface area contributed by atoms with Crippen LogP contribution in [0.25, 0.3) is 0 Å². The molecule has 0 radical (unpaired) electrons. The zero-order valence-electron chi connectivity index (χ0n) is 20.5. The van der Waals surface area contributed by atoms with Crippen LogP contribution in [0.5, 0.6) is 0 Å². The van der Waals surface area contributed by atoms with Crippen LogP contribution in [0.1, 0.15) is 57.8 Å². The number of allylic oxidation sites excluding steroid dienone is 2. The first kappa shape index (κ1) is 23.9. The number of aliphatic hydroxyl groups is 2. The maximum Gasteiger partial charge on any atom is 0.133 e. The van der Waals surface area contributed by atoms with E-state index in [4.69, 9.17) is 18.9 Å². The minimum absolute atomic E-state index is 0.156. The highest BCUT2D eigenvalue weighted by Gasteiger charge is 2.58. The fourth-order valence-electron chi connectivity index (χ4n) is 8.27. The van der Waals surface area contributed by atoms with Gasteiger partial charge in [0.2, 0.25) is 0 Å². The van der Waals surface area contributed by atoms with E-state index in [1.54, 1.807) is 21.3 Å². The van der Waals surface area contributed by atoms with E-state index in [2.05, 4.69) is 4.90 Å². The Morgan fingerprint density at radius 1 is 0.909 bits per heavy atom. The standard InChI is InChI=1S/C26H43NO6/c1-30-21-6-4-5-7-22(21)33-14-27-9-8-15-11-20(29)26(32-3)25-17-13-23(31-2)19(28)12-16(17)10-18(27)24(15)25/h15-18,20-22,24-26,28-29H,4-14H2,1-3H3. The topological polar surface area (TPSA) is 80.6 Å². The average molecular weight is 466 g/mol. The summed E-state index contributed by atoms with van der Waals surface area (Å²) in [6.07, 6.45) is 8.81. The molecule has 188 valence electrons. The van der Waals surface area contributed by atoms with E-state index in [-0.39, 0.29) is 24.2 Å². The van der Waals surface area contributed by atoms with Crippen LogP contribution in [0.4, 0.5) is 0 Å². The van der Waals surface area contributed by atoms with Crippen molar-refractivity contribution >= 4 is 0 Å². The van der Waals surface area contributed by atoms with Crippen molar-refractivity contribution in [2.24, 2.45) is 29.6 Å². The van der Waals surface area contributed by atoms with E-state index in [1.807, 2.05) is 0 Å². The van der Waals surface area contributed by atoms with Gasteiger partial charge < -0.3 is 29.2 Å². The van der Waals surface area contributed by atoms with Gasteiger partial charge in [0.15, 0.2) is 0 Å². The molecule has 3 saturated carbocycles. The van der Waals surface area contributed by atoms with Gasteiger partial charge in [0.1, 0.15) is 11.5 Å². The second-order valence-electron chi connectivity index (χ2n) is 11.1. The summed E-state index contributed by atoms with van der Waals surface area (Å²) in [6.45, 7) is 1.66. The molecule has 7 nitrogen and oxygen atoms in total.